The van der Waals surface area contributed by atoms with Crippen LogP contribution in [0.4, 0.5) is 0 Å². The van der Waals surface area contributed by atoms with Crippen LogP contribution >= 0.6 is 11.6 Å². The molecule has 0 atom stereocenters. The van der Waals surface area contributed by atoms with Crippen LogP contribution in [0.2, 0.25) is 5.02 Å². The Labute approximate surface area is 124 Å². The van der Waals surface area contributed by atoms with Crippen molar-refractivity contribution in [2.24, 2.45) is 0 Å². The zero-order chi connectivity index (χ0) is 15.1. The Hall–Kier alpha value is -1.33. The van der Waals surface area contributed by atoms with Gasteiger partial charge in [-0.15, -0.1) is 0 Å². The maximum absolute atomic E-state index is 12.8. The van der Waals surface area contributed by atoms with Gasteiger partial charge in [-0.2, -0.15) is 0 Å². The molecule has 1 aromatic heterocycles. The number of benzene rings is 1. The number of aromatic nitrogens is 2. The van der Waals surface area contributed by atoms with E-state index in [1.54, 1.807) is 39.1 Å². The van der Waals surface area contributed by atoms with E-state index in [0.29, 0.717) is 28.5 Å². The van der Waals surface area contributed by atoms with Crippen molar-refractivity contribution in [2.75, 3.05) is 0 Å². The van der Waals surface area contributed by atoms with Gasteiger partial charge in [-0.25, -0.2) is 17.4 Å². The molecule has 0 fully saturated rings. The van der Waals surface area contributed by atoms with Crippen LogP contribution in [0.3, 0.4) is 0 Å². The highest BCUT2D eigenvalue weighted by atomic mass is 35.5. The summed E-state index contributed by atoms with van der Waals surface area (Å²) < 4.78 is 26.8. The van der Waals surface area contributed by atoms with Crippen LogP contribution in [-0.2, 0) is 16.4 Å². The predicted molar refractivity (Wildman–Crippen MR) is 79.9 cm³/mol. The van der Waals surface area contributed by atoms with Crippen LogP contribution < -0.4 is 0 Å². The minimum Gasteiger partial charge on any atom is -0.238 e. The molecule has 0 radical (unpaired) electrons. The first-order valence-corrected chi connectivity index (χ1v) is 8.16. The van der Waals surface area contributed by atoms with Crippen LogP contribution in [0.5, 0.6) is 0 Å². The molecule has 0 saturated carbocycles. The highest BCUT2D eigenvalue weighted by molar-refractivity contribution is 7.90. The van der Waals surface area contributed by atoms with E-state index in [-0.39, 0.29) is 4.90 Å². The third-order valence-corrected chi connectivity index (χ3v) is 5.41. The van der Waals surface area contributed by atoms with E-state index in [4.69, 9.17) is 11.6 Å². The summed E-state index contributed by atoms with van der Waals surface area (Å²) in [5.41, 5.74) is 2.06. The summed E-state index contributed by atoms with van der Waals surface area (Å²) in [6.45, 7) is 7.20. The fourth-order valence-corrected chi connectivity index (χ4v) is 4.07. The Balaban J connectivity index is 2.70. The van der Waals surface area contributed by atoms with Crippen molar-refractivity contribution >= 4 is 21.6 Å². The summed E-state index contributed by atoms with van der Waals surface area (Å²) in [4.78, 5) is 4.52. The first-order valence-electron chi connectivity index (χ1n) is 6.34. The van der Waals surface area contributed by atoms with Gasteiger partial charge in [-0.1, -0.05) is 18.5 Å². The lowest BCUT2D eigenvalue weighted by Gasteiger charge is -2.12. The normalized spacial score (nSPS) is 11.8. The Morgan fingerprint density at radius 1 is 1.20 bits per heavy atom. The van der Waals surface area contributed by atoms with E-state index >= 15 is 0 Å². The average Bonchev–Trinajstić information content (AvgIpc) is 2.75. The van der Waals surface area contributed by atoms with Crippen molar-refractivity contribution in [3.8, 4) is 0 Å². The molecular weight excluding hydrogens is 296 g/mol. The standard InChI is InChI=1S/C14H17ClN2O2S/c1-5-14-16-11(4)8-17(14)20(18,19)13-7-9(2)12(15)6-10(13)3/h6-8H,5H2,1-4H3. The highest BCUT2D eigenvalue weighted by Crippen LogP contribution is 2.26. The molecule has 0 unspecified atom stereocenters. The number of nitrogens with zero attached hydrogens (tertiary/aromatic N) is 2. The lowest BCUT2D eigenvalue weighted by Crippen LogP contribution is -2.16. The SMILES string of the molecule is CCc1nc(C)cn1S(=O)(=O)c1cc(C)c(Cl)cc1C. The van der Waals surface area contributed by atoms with Gasteiger partial charge < -0.3 is 0 Å². The second kappa shape index (κ2) is 5.22. The lowest BCUT2D eigenvalue weighted by atomic mass is 10.2. The van der Waals surface area contributed by atoms with Gasteiger partial charge in [-0.3, -0.25) is 0 Å². The smallest absolute Gasteiger partial charge is 0.238 e. The number of halogens is 1. The Morgan fingerprint density at radius 2 is 1.85 bits per heavy atom. The minimum absolute atomic E-state index is 0.270. The van der Waals surface area contributed by atoms with Crippen molar-refractivity contribution in [3.63, 3.8) is 0 Å². The maximum Gasteiger partial charge on any atom is 0.269 e. The molecule has 0 amide bonds. The Kier molecular flexibility index (Phi) is 3.93. The maximum atomic E-state index is 12.8. The molecular formula is C14H17ClN2O2S. The zero-order valence-corrected chi connectivity index (χ0v) is 13.5. The molecule has 2 aromatic rings. The fourth-order valence-electron chi connectivity index (χ4n) is 2.11. The first-order chi connectivity index (χ1) is 9.27. The lowest BCUT2D eigenvalue weighted by molar-refractivity contribution is 0.584. The van der Waals surface area contributed by atoms with Gasteiger partial charge in [0, 0.05) is 17.6 Å². The first kappa shape index (κ1) is 15.1. The van der Waals surface area contributed by atoms with Crippen molar-refractivity contribution < 1.29 is 8.42 Å². The summed E-state index contributed by atoms with van der Waals surface area (Å²) in [7, 11) is -3.64. The van der Waals surface area contributed by atoms with E-state index in [1.165, 1.54) is 3.97 Å². The van der Waals surface area contributed by atoms with Crippen LogP contribution in [-0.4, -0.2) is 17.4 Å². The van der Waals surface area contributed by atoms with E-state index in [2.05, 4.69) is 4.98 Å². The quantitative estimate of drug-likeness (QED) is 0.874. The molecule has 0 spiro atoms. The second-order valence-corrected chi connectivity index (χ2v) is 7.01. The molecule has 0 aliphatic rings. The summed E-state index contributed by atoms with van der Waals surface area (Å²) >= 11 is 6.03. The highest BCUT2D eigenvalue weighted by Gasteiger charge is 2.23. The van der Waals surface area contributed by atoms with E-state index in [1.807, 2.05) is 6.92 Å². The monoisotopic (exact) mass is 312 g/mol. The number of aryl methyl sites for hydroxylation is 4. The van der Waals surface area contributed by atoms with Crippen molar-refractivity contribution in [1.82, 2.24) is 8.96 Å². The summed E-state index contributed by atoms with van der Waals surface area (Å²) in [6.07, 6.45) is 2.11. The molecule has 0 bridgehead atoms. The molecule has 2 rings (SSSR count). The van der Waals surface area contributed by atoms with E-state index in [0.717, 1.165) is 5.56 Å². The van der Waals surface area contributed by atoms with E-state index < -0.39 is 10.0 Å². The molecule has 0 N–H and O–H groups in total. The van der Waals surface area contributed by atoms with Gasteiger partial charge in [-0.05, 0) is 44.0 Å². The molecule has 1 aromatic carbocycles. The number of hydrogen-bond donors (Lipinski definition) is 0. The van der Waals surface area contributed by atoms with Gasteiger partial charge >= 0.3 is 0 Å². The minimum atomic E-state index is -3.64. The van der Waals surface area contributed by atoms with Gasteiger partial charge in [0.25, 0.3) is 10.0 Å². The Morgan fingerprint density at radius 3 is 2.45 bits per heavy atom. The van der Waals surface area contributed by atoms with Gasteiger partial charge in [0.1, 0.15) is 5.82 Å². The Bertz CT molecular complexity index is 764. The third-order valence-electron chi connectivity index (χ3n) is 3.17. The number of imidazole rings is 1. The largest absolute Gasteiger partial charge is 0.269 e. The predicted octanol–water partition coefficient (Wildman–Crippen LogP) is 3.26. The zero-order valence-electron chi connectivity index (χ0n) is 11.9. The molecule has 20 heavy (non-hydrogen) atoms. The number of rotatable bonds is 3. The topological polar surface area (TPSA) is 52.0 Å². The van der Waals surface area contributed by atoms with Gasteiger partial charge in [0.2, 0.25) is 0 Å². The fraction of sp³-hybridized carbons (Fsp3) is 0.357. The van der Waals surface area contributed by atoms with Crippen molar-refractivity contribution in [3.05, 3.63) is 46.0 Å². The molecule has 0 saturated heterocycles. The summed E-state index contributed by atoms with van der Waals surface area (Å²) in [6, 6.07) is 3.29. The summed E-state index contributed by atoms with van der Waals surface area (Å²) in [5, 5.41) is 0.568. The van der Waals surface area contributed by atoms with Crippen molar-refractivity contribution in [2.45, 2.75) is 39.0 Å². The average molecular weight is 313 g/mol. The van der Waals surface area contributed by atoms with Crippen LogP contribution in [0.1, 0.15) is 29.6 Å². The number of hydrogen-bond acceptors (Lipinski definition) is 3. The van der Waals surface area contributed by atoms with Crippen LogP contribution in [0, 0.1) is 20.8 Å². The van der Waals surface area contributed by atoms with Gasteiger partial charge in [0.05, 0.1) is 10.6 Å². The second-order valence-electron chi connectivity index (χ2n) is 4.82. The summed E-state index contributed by atoms with van der Waals surface area (Å²) in [5.74, 6) is 0.537. The van der Waals surface area contributed by atoms with E-state index in [9.17, 15) is 8.42 Å². The molecule has 108 valence electrons. The van der Waals surface area contributed by atoms with Gasteiger partial charge in [0.15, 0.2) is 0 Å². The van der Waals surface area contributed by atoms with Crippen LogP contribution in [0.25, 0.3) is 0 Å². The molecule has 4 nitrogen and oxygen atoms in total. The van der Waals surface area contributed by atoms with Crippen molar-refractivity contribution in [1.29, 1.82) is 0 Å². The van der Waals surface area contributed by atoms with Crippen LogP contribution in [0.15, 0.2) is 23.2 Å². The molecule has 0 aliphatic carbocycles. The molecule has 0 aliphatic heterocycles. The molecule has 6 heteroatoms. The molecule has 1 heterocycles. The third kappa shape index (κ3) is 2.47.